The van der Waals surface area contributed by atoms with E-state index in [4.69, 9.17) is 27.6 Å². The van der Waals surface area contributed by atoms with Gasteiger partial charge in [-0.1, -0.05) is 40.9 Å². The van der Waals surface area contributed by atoms with Crippen LogP contribution in [-0.4, -0.2) is 16.6 Å². The monoisotopic (exact) mass is 467 g/mol. The van der Waals surface area contributed by atoms with Gasteiger partial charge < -0.3 is 4.42 Å². The van der Waals surface area contributed by atoms with Crippen LogP contribution in [0.3, 0.4) is 0 Å². The van der Waals surface area contributed by atoms with Gasteiger partial charge in [-0.05, 0) is 50.1 Å². The average molecular weight is 468 g/mol. The summed E-state index contributed by atoms with van der Waals surface area (Å²) >= 11 is 13.5. The zero-order valence-electron chi connectivity index (χ0n) is 16.8. The first-order chi connectivity index (χ1) is 14.7. The normalized spacial score (nSPS) is 13.4. The third-order valence-electron chi connectivity index (χ3n) is 5.32. The summed E-state index contributed by atoms with van der Waals surface area (Å²) in [7, 11) is 0. The largest absolute Gasteiger partial charge is 0.437 e. The molecule has 2 heterocycles. The Morgan fingerprint density at radius 1 is 0.903 bits per heavy atom. The van der Waals surface area contributed by atoms with Gasteiger partial charge in [-0.25, -0.2) is 4.98 Å². The van der Waals surface area contributed by atoms with E-state index in [0.29, 0.717) is 11.5 Å². The zero-order chi connectivity index (χ0) is 22.0. The Balaban J connectivity index is 1.53. The van der Waals surface area contributed by atoms with Crippen molar-refractivity contribution < 1.29 is 14.0 Å². The molecule has 0 spiro atoms. The van der Waals surface area contributed by atoms with Crippen molar-refractivity contribution in [1.82, 2.24) is 4.98 Å². The quantitative estimate of drug-likeness (QED) is 0.230. The highest BCUT2D eigenvalue weighted by molar-refractivity contribution is 7.21. The number of furan rings is 1. The highest BCUT2D eigenvalue weighted by Gasteiger charge is 2.34. The highest BCUT2D eigenvalue weighted by Crippen LogP contribution is 2.38. The van der Waals surface area contributed by atoms with Crippen LogP contribution in [0.2, 0.25) is 10.0 Å². The Hall–Kier alpha value is -2.73. The van der Waals surface area contributed by atoms with Crippen LogP contribution in [0.5, 0.6) is 0 Å². The molecule has 2 aromatic carbocycles. The second-order valence-electron chi connectivity index (χ2n) is 7.64. The molecule has 1 aliphatic carbocycles. The topological polar surface area (TPSA) is 60.2 Å². The third-order valence-corrected chi connectivity index (χ3v) is 7.05. The van der Waals surface area contributed by atoms with E-state index in [1.54, 1.807) is 6.07 Å². The summed E-state index contributed by atoms with van der Waals surface area (Å²) in [5, 5.41) is 1.35. The summed E-state index contributed by atoms with van der Waals surface area (Å²) in [6.45, 7) is 6.22. The van der Waals surface area contributed by atoms with Gasteiger partial charge in [-0.15, -0.1) is 11.3 Å². The van der Waals surface area contributed by atoms with Crippen LogP contribution in [0, 0.1) is 20.8 Å². The second kappa shape index (κ2) is 7.16. The van der Waals surface area contributed by atoms with Gasteiger partial charge in [-0.3, -0.25) is 9.59 Å². The number of Topliss-reactive ketones (excluding diaryl/α,β-unsaturated/α-hetero) is 2. The lowest BCUT2D eigenvalue weighted by molar-refractivity contribution is 0.0990. The summed E-state index contributed by atoms with van der Waals surface area (Å²) in [4.78, 5) is 30.1. The minimum absolute atomic E-state index is 0.0279. The van der Waals surface area contributed by atoms with Crippen LogP contribution in [-0.2, 0) is 0 Å². The molecule has 2 aromatic heterocycles. The molecule has 0 saturated carbocycles. The fourth-order valence-corrected chi connectivity index (χ4v) is 5.48. The molecule has 7 heteroatoms. The lowest BCUT2D eigenvalue weighted by Gasteiger charge is -2.08. The fourth-order valence-electron chi connectivity index (χ4n) is 4.04. The van der Waals surface area contributed by atoms with Crippen molar-refractivity contribution in [2.24, 2.45) is 0 Å². The average Bonchev–Trinajstić information content (AvgIpc) is 3.30. The van der Waals surface area contributed by atoms with E-state index in [2.05, 4.69) is 37.9 Å². The Morgan fingerprint density at radius 2 is 1.48 bits per heavy atom. The smallest absolute Gasteiger partial charge is 0.238 e. The number of rotatable bonds is 2. The first-order valence-corrected chi connectivity index (χ1v) is 11.1. The first-order valence-electron chi connectivity index (χ1n) is 9.51. The molecule has 4 aromatic rings. The maximum atomic E-state index is 12.7. The van der Waals surface area contributed by atoms with Gasteiger partial charge >= 0.3 is 0 Å². The molecule has 1 aliphatic rings. The molecule has 0 unspecified atom stereocenters. The van der Waals surface area contributed by atoms with Crippen molar-refractivity contribution in [2.45, 2.75) is 20.8 Å². The van der Waals surface area contributed by atoms with Gasteiger partial charge in [0.15, 0.2) is 11.6 Å². The van der Waals surface area contributed by atoms with Crippen LogP contribution in [0.15, 0.2) is 40.3 Å². The minimum atomic E-state index is -0.391. The van der Waals surface area contributed by atoms with Gasteiger partial charge in [0.25, 0.3) is 0 Å². The Morgan fingerprint density at radius 3 is 2.03 bits per heavy atom. The van der Waals surface area contributed by atoms with Gasteiger partial charge in [0, 0.05) is 22.8 Å². The van der Waals surface area contributed by atoms with Crippen LogP contribution < -0.4 is 0 Å². The molecule has 0 aliphatic heterocycles. The van der Waals surface area contributed by atoms with Crippen LogP contribution in [0.25, 0.3) is 27.1 Å². The van der Waals surface area contributed by atoms with Crippen molar-refractivity contribution in [1.29, 1.82) is 0 Å². The maximum absolute atomic E-state index is 12.7. The van der Waals surface area contributed by atoms with Crippen LogP contribution >= 0.6 is 34.5 Å². The van der Waals surface area contributed by atoms with Crippen molar-refractivity contribution >= 4 is 62.6 Å². The van der Waals surface area contributed by atoms with E-state index in [1.807, 2.05) is 0 Å². The van der Waals surface area contributed by atoms with E-state index >= 15 is 0 Å². The maximum Gasteiger partial charge on any atom is 0.238 e. The lowest BCUT2D eigenvalue weighted by atomic mass is 10.0. The Labute approximate surface area is 192 Å². The number of allylic oxidation sites excluding steroid dienone is 1. The number of ketones is 2. The highest BCUT2D eigenvalue weighted by atomic mass is 35.5. The predicted octanol–water partition coefficient (Wildman–Crippen LogP) is 7.25. The number of carbonyl (C=O) groups is 2. The number of aromatic nitrogens is 1. The van der Waals surface area contributed by atoms with Crippen molar-refractivity contribution in [3.63, 3.8) is 0 Å². The number of hydrogen-bond acceptors (Lipinski definition) is 5. The summed E-state index contributed by atoms with van der Waals surface area (Å²) in [5.74, 6) is -0.380. The lowest BCUT2D eigenvalue weighted by Crippen LogP contribution is -1.99. The molecule has 0 amide bonds. The minimum Gasteiger partial charge on any atom is -0.437 e. The summed E-state index contributed by atoms with van der Waals surface area (Å²) < 4.78 is 6.69. The molecule has 31 heavy (non-hydrogen) atoms. The van der Waals surface area contributed by atoms with Crippen molar-refractivity contribution in [3.05, 3.63) is 79.5 Å². The van der Waals surface area contributed by atoms with Crippen molar-refractivity contribution in [3.8, 4) is 10.6 Å². The van der Waals surface area contributed by atoms with Gasteiger partial charge in [-0.2, -0.15) is 0 Å². The molecule has 0 fully saturated rings. The van der Waals surface area contributed by atoms with E-state index < -0.39 is 11.6 Å². The van der Waals surface area contributed by atoms with Crippen molar-refractivity contribution in [2.75, 3.05) is 0 Å². The number of thiazole rings is 1. The predicted molar refractivity (Wildman–Crippen MR) is 125 cm³/mol. The van der Waals surface area contributed by atoms with Gasteiger partial charge in [0.1, 0.15) is 10.8 Å². The number of aryl methyl sites for hydroxylation is 3. The zero-order valence-corrected chi connectivity index (χ0v) is 19.1. The first kappa shape index (κ1) is 20.2. The summed E-state index contributed by atoms with van der Waals surface area (Å²) in [6.07, 6.45) is 1.46. The second-order valence-corrected chi connectivity index (χ2v) is 9.48. The molecule has 5 rings (SSSR count). The van der Waals surface area contributed by atoms with E-state index in [1.165, 1.54) is 35.1 Å². The number of nitrogens with zero attached hydrogens (tertiary/aromatic N) is 1. The molecular weight excluding hydrogens is 453 g/mol. The van der Waals surface area contributed by atoms with Crippen LogP contribution in [0.1, 0.15) is 43.2 Å². The molecule has 0 radical (unpaired) electrons. The number of fused-ring (bicyclic) bond motifs is 2. The standard InChI is InChI=1S/C24H15Cl2NO3S/c1-10-4-11(2)20(12(3)5-10)24-27-23-19(31-24)7-13(30-23)6-16-21(28)14-8-17(25)18(26)9-15(14)22(16)29/h4-9H,1-3H3. The molecule has 154 valence electrons. The van der Waals surface area contributed by atoms with Crippen LogP contribution in [0.4, 0.5) is 0 Å². The Kier molecular flexibility index (Phi) is 4.66. The number of halogens is 2. The number of benzene rings is 2. The molecular formula is C24H15Cl2NO3S. The molecule has 0 bridgehead atoms. The Bertz CT molecular complexity index is 1380. The molecule has 0 atom stereocenters. The fraction of sp³-hybridized carbons (Fsp3) is 0.125. The number of carbonyl (C=O) groups excluding carboxylic acids is 2. The van der Waals surface area contributed by atoms with E-state index in [0.717, 1.165) is 26.4 Å². The van der Waals surface area contributed by atoms with Gasteiger partial charge in [0.05, 0.1) is 20.3 Å². The van der Waals surface area contributed by atoms with Gasteiger partial charge in [0.2, 0.25) is 5.71 Å². The summed E-state index contributed by atoms with van der Waals surface area (Å²) in [6, 6.07) is 8.93. The molecule has 4 nitrogen and oxygen atoms in total. The third kappa shape index (κ3) is 3.24. The number of hydrogen-bond donors (Lipinski definition) is 0. The summed E-state index contributed by atoms with van der Waals surface area (Å²) in [5.41, 5.74) is 5.65. The van der Waals surface area contributed by atoms with E-state index in [-0.39, 0.29) is 26.7 Å². The SMILES string of the molecule is Cc1cc(C)c(-c2nc3oc(C=C4C(=O)c5cc(Cl)c(Cl)cc5C4=O)cc3s2)c(C)c1. The molecule has 0 N–H and O–H groups in total. The van der Waals surface area contributed by atoms with E-state index in [9.17, 15) is 9.59 Å². The molecule has 0 saturated heterocycles.